The largest absolute Gasteiger partial charge is 0.462 e. The summed E-state index contributed by atoms with van der Waals surface area (Å²) < 4.78 is 34.0. The molecule has 1 aromatic carbocycles. The lowest BCUT2D eigenvalue weighted by Crippen LogP contribution is -2.43. The number of aryl methyl sites for hydroxylation is 1. The first-order valence-corrected chi connectivity index (χ1v) is 8.62. The topological polar surface area (TPSA) is 63.6 Å². The summed E-state index contributed by atoms with van der Waals surface area (Å²) in [4.78, 5) is 26.6. The molecule has 1 aromatic heterocycles. The number of hydrogen-bond donors (Lipinski definition) is 1. The maximum absolute atomic E-state index is 14.7. The number of hydrogen-bond acceptors (Lipinski definition) is 5. The van der Waals surface area contributed by atoms with E-state index < -0.39 is 23.9 Å². The van der Waals surface area contributed by atoms with Crippen LogP contribution >= 0.6 is 0 Å². The molecule has 6 nitrogen and oxygen atoms in total. The number of nitrogens with one attached hydrogen (secondary N) is 1. The van der Waals surface area contributed by atoms with E-state index in [0.717, 1.165) is 19.2 Å². The molecule has 2 heterocycles. The number of ether oxygens (including phenoxy) is 1. The summed E-state index contributed by atoms with van der Waals surface area (Å²) in [6, 6.07) is 2.69. The van der Waals surface area contributed by atoms with Gasteiger partial charge in [0.2, 0.25) is 5.43 Å². The normalized spacial score (nSPS) is 14.7. The van der Waals surface area contributed by atoms with Gasteiger partial charge in [-0.3, -0.25) is 4.79 Å². The van der Waals surface area contributed by atoms with E-state index in [0.29, 0.717) is 24.3 Å². The molecule has 0 radical (unpaired) electrons. The number of nitrogens with zero attached hydrogens (tertiary/aromatic N) is 2. The number of esters is 1. The molecule has 3 rings (SSSR count). The fraction of sp³-hybridized carbons (Fsp3) is 0.444. The Bertz CT molecular complexity index is 876. The smallest absolute Gasteiger partial charge is 0.343 e. The number of aromatic nitrogens is 1. The SMILES string of the molecule is CCOC(=O)c1cn(CCF)c2cc(N3CCNCC3)c(F)cc2c1=O. The number of rotatable bonds is 5. The van der Waals surface area contributed by atoms with E-state index in [1.807, 2.05) is 4.90 Å². The van der Waals surface area contributed by atoms with Crippen molar-refractivity contribution < 1.29 is 18.3 Å². The molecule has 140 valence electrons. The molecular weight excluding hydrogens is 344 g/mol. The molecule has 2 aromatic rings. The summed E-state index contributed by atoms with van der Waals surface area (Å²) in [6.45, 7) is 3.74. The van der Waals surface area contributed by atoms with Crippen molar-refractivity contribution >= 4 is 22.6 Å². The molecule has 1 aliphatic rings. The molecule has 1 N–H and O–H groups in total. The Hall–Kier alpha value is -2.48. The van der Waals surface area contributed by atoms with Crippen molar-refractivity contribution in [1.82, 2.24) is 9.88 Å². The lowest BCUT2D eigenvalue weighted by Gasteiger charge is -2.30. The Labute approximate surface area is 149 Å². The fourth-order valence-corrected chi connectivity index (χ4v) is 3.18. The highest BCUT2D eigenvalue weighted by molar-refractivity contribution is 5.94. The van der Waals surface area contributed by atoms with Gasteiger partial charge in [-0.2, -0.15) is 0 Å². The predicted molar refractivity (Wildman–Crippen MR) is 95.2 cm³/mol. The Morgan fingerprint density at radius 2 is 2.04 bits per heavy atom. The molecule has 26 heavy (non-hydrogen) atoms. The highest BCUT2D eigenvalue weighted by atomic mass is 19.1. The van der Waals surface area contributed by atoms with Gasteiger partial charge in [-0.05, 0) is 19.1 Å². The second kappa shape index (κ2) is 7.82. The number of alkyl halides is 1. The molecule has 1 aliphatic heterocycles. The van der Waals surface area contributed by atoms with Crippen LogP contribution in [-0.4, -0.2) is 50.0 Å². The van der Waals surface area contributed by atoms with Gasteiger partial charge in [0, 0.05) is 37.8 Å². The van der Waals surface area contributed by atoms with Crippen molar-refractivity contribution in [1.29, 1.82) is 0 Å². The summed E-state index contributed by atoms with van der Waals surface area (Å²) >= 11 is 0. The molecule has 8 heteroatoms. The monoisotopic (exact) mass is 365 g/mol. The van der Waals surface area contributed by atoms with Crippen molar-refractivity contribution in [2.45, 2.75) is 13.5 Å². The zero-order valence-electron chi connectivity index (χ0n) is 14.6. The molecule has 0 unspecified atom stereocenters. The van der Waals surface area contributed by atoms with Gasteiger partial charge in [0.15, 0.2) is 0 Å². The number of pyridine rings is 1. The van der Waals surface area contributed by atoms with Crippen LogP contribution in [-0.2, 0) is 11.3 Å². The number of anilines is 1. The zero-order valence-corrected chi connectivity index (χ0v) is 14.6. The average molecular weight is 365 g/mol. The van der Waals surface area contributed by atoms with E-state index in [2.05, 4.69) is 5.32 Å². The van der Waals surface area contributed by atoms with Gasteiger partial charge < -0.3 is 19.5 Å². The Balaban J connectivity index is 2.19. The van der Waals surface area contributed by atoms with Crippen LogP contribution in [0.4, 0.5) is 14.5 Å². The molecular formula is C18H21F2N3O3. The summed E-state index contributed by atoms with van der Waals surface area (Å²) in [5.41, 5.74) is -0.0630. The van der Waals surface area contributed by atoms with Crippen molar-refractivity contribution in [3.63, 3.8) is 0 Å². The molecule has 0 saturated carbocycles. The lowest BCUT2D eigenvalue weighted by atomic mass is 10.1. The van der Waals surface area contributed by atoms with E-state index in [9.17, 15) is 18.4 Å². The molecule has 0 spiro atoms. The molecule has 0 aliphatic carbocycles. The molecule has 0 atom stereocenters. The number of halogens is 2. The predicted octanol–water partition coefficient (Wildman–Crippen LogP) is 1.70. The maximum Gasteiger partial charge on any atom is 0.343 e. The standard InChI is InChI=1S/C18H21F2N3O3/c1-2-26-18(25)13-11-23(6-3-19)15-10-16(22-7-4-21-5-8-22)14(20)9-12(15)17(13)24/h9-11,21H,2-8H2,1H3. The summed E-state index contributed by atoms with van der Waals surface area (Å²) in [5, 5.41) is 3.24. The third-order valence-electron chi connectivity index (χ3n) is 4.43. The van der Waals surface area contributed by atoms with Crippen LogP contribution in [0.5, 0.6) is 0 Å². The minimum atomic E-state index is -0.793. The molecule has 0 bridgehead atoms. The number of benzene rings is 1. The van der Waals surface area contributed by atoms with Crippen LogP contribution in [0.2, 0.25) is 0 Å². The minimum absolute atomic E-state index is 0.0420. The van der Waals surface area contributed by atoms with E-state index in [4.69, 9.17) is 4.74 Å². The highest BCUT2D eigenvalue weighted by Gasteiger charge is 2.21. The fourth-order valence-electron chi connectivity index (χ4n) is 3.18. The first-order valence-electron chi connectivity index (χ1n) is 8.62. The Kier molecular flexibility index (Phi) is 5.51. The van der Waals surface area contributed by atoms with Gasteiger partial charge in [0.05, 0.1) is 24.4 Å². The van der Waals surface area contributed by atoms with Gasteiger partial charge in [-0.1, -0.05) is 0 Å². The van der Waals surface area contributed by atoms with Gasteiger partial charge >= 0.3 is 5.97 Å². The van der Waals surface area contributed by atoms with E-state index in [-0.39, 0.29) is 24.1 Å². The van der Waals surface area contributed by atoms with E-state index in [1.54, 1.807) is 13.0 Å². The quantitative estimate of drug-likeness (QED) is 0.817. The second-order valence-corrected chi connectivity index (χ2v) is 6.03. The summed E-state index contributed by atoms with van der Waals surface area (Å²) in [5.74, 6) is -1.33. The van der Waals surface area contributed by atoms with Crippen molar-refractivity contribution in [2.24, 2.45) is 0 Å². The number of fused-ring (bicyclic) bond motifs is 1. The van der Waals surface area contributed by atoms with Crippen LogP contribution in [0.15, 0.2) is 23.1 Å². The van der Waals surface area contributed by atoms with Crippen LogP contribution in [0.1, 0.15) is 17.3 Å². The molecule has 0 amide bonds. The number of piperazine rings is 1. The molecule has 1 saturated heterocycles. The van der Waals surface area contributed by atoms with Gasteiger partial charge in [-0.15, -0.1) is 0 Å². The summed E-state index contributed by atoms with van der Waals surface area (Å²) in [7, 11) is 0. The van der Waals surface area contributed by atoms with Crippen LogP contribution < -0.4 is 15.6 Å². The van der Waals surface area contributed by atoms with E-state index >= 15 is 0 Å². The highest BCUT2D eigenvalue weighted by Crippen LogP contribution is 2.25. The van der Waals surface area contributed by atoms with Gasteiger partial charge in [0.1, 0.15) is 18.1 Å². The van der Waals surface area contributed by atoms with Crippen molar-refractivity contribution in [3.05, 3.63) is 39.9 Å². The van der Waals surface area contributed by atoms with Crippen LogP contribution in [0.25, 0.3) is 10.9 Å². The van der Waals surface area contributed by atoms with Crippen molar-refractivity contribution in [2.75, 3.05) is 44.4 Å². The van der Waals surface area contributed by atoms with E-state index in [1.165, 1.54) is 10.8 Å². The Morgan fingerprint density at radius 3 is 2.69 bits per heavy atom. The van der Waals surface area contributed by atoms with Crippen LogP contribution in [0.3, 0.4) is 0 Å². The lowest BCUT2D eigenvalue weighted by molar-refractivity contribution is 0.0524. The summed E-state index contributed by atoms with van der Waals surface area (Å²) in [6.07, 6.45) is 1.29. The maximum atomic E-state index is 14.7. The minimum Gasteiger partial charge on any atom is -0.462 e. The zero-order chi connectivity index (χ0) is 18.7. The molecule has 1 fully saturated rings. The first-order chi connectivity index (χ1) is 12.6. The van der Waals surface area contributed by atoms with Gasteiger partial charge in [0.25, 0.3) is 0 Å². The third-order valence-corrected chi connectivity index (χ3v) is 4.43. The number of carbonyl (C=O) groups excluding carboxylic acids is 1. The van der Waals surface area contributed by atoms with Gasteiger partial charge in [-0.25, -0.2) is 13.6 Å². The number of carbonyl (C=O) groups is 1. The first kappa shape index (κ1) is 18.3. The average Bonchev–Trinajstić information content (AvgIpc) is 2.64. The van der Waals surface area contributed by atoms with Crippen molar-refractivity contribution in [3.8, 4) is 0 Å². The van der Waals surface area contributed by atoms with Crippen LogP contribution in [0, 0.1) is 5.82 Å². The third kappa shape index (κ3) is 3.41. The second-order valence-electron chi connectivity index (χ2n) is 6.03. The Morgan fingerprint density at radius 1 is 1.31 bits per heavy atom.